The number of carbonyl (C=O) groups is 2. The van der Waals surface area contributed by atoms with Crippen LogP contribution in [-0.4, -0.2) is 61.4 Å². The van der Waals surface area contributed by atoms with Crippen molar-refractivity contribution in [2.45, 2.75) is 19.1 Å². The van der Waals surface area contributed by atoms with Gasteiger partial charge in [0.05, 0.1) is 6.26 Å². The third-order valence-corrected chi connectivity index (χ3v) is 5.18. The van der Waals surface area contributed by atoms with Crippen LogP contribution in [-0.2, 0) is 41.8 Å². The predicted octanol–water partition coefficient (Wildman–Crippen LogP) is 1.40. The largest absolute Gasteiger partial charge is 0.486 e. The number of hydrogen-bond acceptors (Lipinski definition) is 9. The molecule has 11 nitrogen and oxygen atoms in total. The van der Waals surface area contributed by atoms with Gasteiger partial charge in [0, 0.05) is 0 Å². The summed E-state index contributed by atoms with van der Waals surface area (Å²) in [6.07, 6.45) is 0.0465. The van der Waals surface area contributed by atoms with Crippen molar-refractivity contribution in [3.05, 3.63) is 59.7 Å². The first-order valence-corrected chi connectivity index (χ1v) is 11.6. The van der Waals surface area contributed by atoms with Crippen LogP contribution in [0.1, 0.15) is 11.1 Å². The van der Waals surface area contributed by atoms with Crippen LogP contribution in [0.5, 0.6) is 11.5 Å². The molecule has 0 bridgehead atoms. The fourth-order valence-electron chi connectivity index (χ4n) is 2.99. The molecule has 0 fully saturated rings. The smallest absolute Gasteiger partial charge is 0.316 e. The molecule has 0 saturated carbocycles. The molecule has 3 rings (SSSR count). The summed E-state index contributed by atoms with van der Waals surface area (Å²) in [7, 11) is -3.62. The van der Waals surface area contributed by atoms with Crippen LogP contribution < -0.4 is 9.47 Å². The second-order valence-corrected chi connectivity index (χ2v) is 8.93. The molecular weight excluding hydrogens is 458 g/mol. The van der Waals surface area contributed by atoms with Gasteiger partial charge < -0.3 is 14.6 Å². The zero-order chi connectivity index (χ0) is 24.0. The Morgan fingerprint density at radius 2 is 1.88 bits per heavy atom. The van der Waals surface area contributed by atoms with Gasteiger partial charge in [-0.2, -0.15) is 8.42 Å². The number of aliphatic carboxylic acids is 1. The van der Waals surface area contributed by atoms with Gasteiger partial charge in [-0.25, -0.2) is 4.84 Å². The van der Waals surface area contributed by atoms with Crippen molar-refractivity contribution in [1.29, 1.82) is 0 Å². The average molecular weight is 481 g/mol. The topological polar surface area (TPSA) is 149 Å². The highest BCUT2D eigenvalue weighted by Crippen LogP contribution is 2.33. The van der Waals surface area contributed by atoms with Gasteiger partial charge in [-0.3, -0.25) is 19.0 Å². The first-order valence-electron chi connectivity index (χ1n) is 9.81. The third kappa shape index (κ3) is 7.15. The van der Waals surface area contributed by atoms with Gasteiger partial charge in [-0.05, 0) is 29.7 Å². The molecule has 2 N–H and O–H groups in total. The van der Waals surface area contributed by atoms with E-state index in [1.54, 1.807) is 30.3 Å². The summed E-state index contributed by atoms with van der Waals surface area (Å²) < 4.78 is 38.1. The normalized spacial score (nSPS) is 16.1. The second-order valence-electron chi connectivity index (χ2n) is 7.29. The molecular formula is C21H23NO10S. The highest BCUT2D eigenvalue weighted by Gasteiger charge is 2.32. The molecule has 178 valence electrons. The molecule has 1 unspecified atom stereocenters. The Morgan fingerprint density at radius 1 is 1.15 bits per heavy atom. The van der Waals surface area contributed by atoms with Crippen LogP contribution in [0.15, 0.2) is 48.5 Å². The highest BCUT2D eigenvalue weighted by atomic mass is 32.2. The maximum atomic E-state index is 12.4. The summed E-state index contributed by atoms with van der Waals surface area (Å²) in [6, 6.07) is 13.3. The monoisotopic (exact) mass is 481 g/mol. The number of carboxylic acids is 1. The van der Waals surface area contributed by atoms with Crippen LogP contribution in [0.4, 0.5) is 0 Å². The van der Waals surface area contributed by atoms with Crippen LogP contribution in [0, 0.1) is 5.92 Å². The lowest BCUT2D eigenvalue weighted by atomic mass is 9.98. The maximum absolute atomic E-state index is 12.4. The standard InChI is InChI=1S/C21H23NO10S/c1-33(27,28)31-13-16-12-29-19-10-15(7-8-18(19)32-16)9-17(21(24)25)20(23)22(26)30-11-14-5-3-2-4-6-14/h2-8,10,16-17,26H,9,11-13H2,1H3,(H,24,25)/t16?,17-/m0/s1. The number of carboxylic acid groups (broad SMARTS) is 1. The lowest BCUT2D eigenvalue weighted by Crippen LogP contribution is -2.38. The van der Waals surface area contributed by atoms with E-state index in [4.69, 9.17) is 18.5 Å². The summed E-state index contributed by atoms with van der Waals surface area (Å²) in [4.78, 5) is 29.1. The van der Waals surface area contributed by atoms with Gasteiger partial charge in [0.15, 0.2) is 17.6 Å². The van der Waals surface area contributed by atoms with E-state index in [0.717, 1.165) is 6.26 Å². The number of amides is 1. The number of carbonyl (C=O) groups excluding carboxylic acids is 1. The molecule has 12 heteroatoms. The van der Waals surface area contributed by atoms with Crippen molar-refractivity contribution in [2.24, 2.45) is 5.92 Å². The second kappa shape index (κ2) is 10.6. The molecule has 33 heavy (non-hydrogen) atoms. The summed E-state index contributed by atoms with van der Waals surface area (Å²) >= 11 is 0. The number of fused-ring (bicyclic) bond motifs is 1. The Balaban J connectivity index is 1.61. The lowest BCUT2D eigenvalue weighted by Gasteiger charge is -2.26. The summed E-state index contributed by atoms with van der Waals surface area (Å²) in [6.45, 7) is -0.320. The minimum Gasteiger partial charge on any atom is -0.486 e. The maximum Gasteiger partial charge on any atom is 0.316 e. The number of ether oxygens (including phenoxy) is 2. The molecule has 2 atom stereocenters. The fraction of sp³-hybridized carbons (Fsp3) is 0.333. The van der Waals surface area contributed by atoms with Crippen molar-refractivity contribution in [1.82, 2.24) is 5.23 Å². The van der Waals surface area contributed by atoms with Crippen molar-refractivity contribution >= 4 is 22.0 Å². The number of benzene rings is 2. The SMILES string of the molecule is CS(=O)(=O)OCC1COc2cc(C[C@H](C(=O)O)C(=O)N(O)OCc3ccccc3)ccc2O1. The van der Waals surface area contributed by atoms with Crippen molar-refractivity contribution in [3.63, 3.8) is 0 Å². The number of hydroxylamine groups is 2. The van der Waals surface area contributed by atoms with Gasteiger partial charge >= 0.3 is 5.97 Å². The fourth-order valence-corrected chi connectivity index (χ4v) is 3.39. The molecule has 2 aromatic carbocycles. The van der Waals surface area contributed by atoms with Gasteiger partial charge in [-0.15, -0.1) is 0 Å². The van der Waals surface area contributed by atoms with Crippen LogP contribution >= 0.6 is 0 Å². The Bertz CT molecular complexity index is 1090. The quantitative estimate of drug-likeness (QED) is 0.221. The lowest BCUT2D eigenvalue weighted by molar-refractivity contribution is -0.323. The Labute approximate surface area is 190 Å². The molecule has 0 aromatic heterocycles. The summed E-state index contributed by atoms with van der Waals surface area (Å²) in [5, 5.41) is 19.3. The van der Waals surface area contributed by atoms with E-state index < -0.39 is 34.0 Å². The molecule has 1 heterocycles. The minimum atomic E-state index is -3.62. The van der Waals surface area contributed by atoms with Gasteiger partial charge in [0.25, 0.3) is 16.0 Å². The van der Waals surface area contributed by atoms with E-state index in [-0.39, 0.29) is 31.5 Å². The molecule has 0 aliphatic carbocycles. The van der Waals surface area contributed by atoms with Crippen LogP contribution in [0.25, 0.3) is 0 Å². The Morgan fingerprint density at radius 3 is 2.55 bits per heavy atom. The van der Waals surface area contributed by atoms with E-state index in [1.165, 1.54) is 18.2 Å². The Hall–Kier alpha value is -3.19. The van der Waals surface area contributed by atoms with E-state index in [0.29, 0.717) is 22.6 Å². The van der Waals surface area contributed by atoms with E-state index in [9.17, 15) is 28.3 Å². The molecule has 1 amide bonds. The van der Waals surface area contributed by atoms with Crippen molar-refractivity contribution < 1.29 is 46.8 Å². The minimum absolute atomic E-state index is 0.0189. The summed E-state index contributed by atoms with van der Waals surface area (Å²) in [5.74, 6) is -3.55. The van der Waals surface area contributed by atoms with Crippen LogP contribution in [0.3, 0.4) is 0 Å². The van der Waals surface area contributed by atoms with E-state index >= 15 is 0 Å². The average Bonchev–Trinajstić information content (AvgIpc) is 2.79. The molecule has 0 radical (unpaired) electrons. The van der Waals surface area contributed by atoms with Crippen LogP contribution in [0.2, 0.25) is 0 Å². The number of nitrogens with zero attached hydrogens (tertiary/aromatic N) is 1. The first kappa shape index (κ1) is 24.5. The van der Waals surface area contributed by atoms with Gasteiger partial charge in [0.2, 0.25) is 0 Å². The zero-order valence-corrected chi connectivity index (χ0v) is 18.4. The van der Waals surface area contributed by atoms with Gasteiger partial charge in [-0.1, -0.05) is 41.6 Å². The third-order valence-electron chi connectivity index (χ3n) is 4.62. The van der Waals surface area contributed by atoms with Gasteiger partial charge in [0.1, 0.15) is 25.7 Å². The van der Waals surface area contributed by atoms with E-state index in [1.807, 2.05) is 0 Å². The molecule has 1 aliphatic rings. The van der Waals surface area contributed by atoms with E-state index in [2.05, 4.69) is 0 Å². The molecule has 0 saturated heterocycles. The van der Waals surface area contributed by atoms with Crippen molar-refractivity contribution in [3.8, 4) is 11.5 Å². The number of rotatable bonds is 10. The molecule has 2 aromatic rings. The zero-order valence-electron chi connectivity index (χ0n) is 17.6. The highest BCUT2D eigenvalue weighted by molar-refractivity contribution is 7.85. The van der Waals surface area contributed by atoms with Crippen molar-refractivity contribution in [2.75, 3.05) is 19.5 Å². The first-order chi connectivity index (χ1) is 15.6. The Kier molecular flexibility index (Phi) is 7.87. The molecule has 0 spiro atoms. The number of hydrogen-bond donors (Lipinski definition) is 2. The predicted molar refractivity (Wildman–Crippen MR) is 112 cm³/mol. The summed E-state index contributed by atoms with van der Waals surface area (Å²) in [5.41, 5.74) is 1.13. The molecule has 1 aliphatic heterocycles.